The Bertz CT molecular complexity index is 1180. The lowest BCUT2D eigenvalue weighted by molar-refractivity contribution is 0.0526. The standard InChI is InChI=1S/C18H15ClN4O5S2/c1-2-28-16(25)11-7-9-12(10-8-11)23-30(26,27)18-22-21-17(29-18)20-15(24)13-5-3-4-6-14(13)19/h3-10,23H,2H2,1H3,(H,20,21,24). The maximum Gasteiger partial charge on any atom is 0.338 e. The Kier molecular flexibility index (Phi) is 6.65. The van der Waals surface area contributed by atoms with Crippen LogP contribution < -0.4 is 10.0 Å². The number of nitrogens with one attached hydrogen (secondary N) is 2. The normalized spacial score (nSPS) is 11.0. The molecule has 0 saturated heterocycles. The van der Waals surface area contributed by atoms with E-state index in [0.717, 1.165) is 0 Å². The molecule has 0 fully saturated rings. The van der Waals surface area contributed by atoms with E-state index in [4.69, 9.17) is 16.3 Å². The fraction of sp³-hybridized carbons (Fsp3) is 0.111. The number of aromatic nitrogens is 2. The Balaban J connectivity index is 1.70. The van der Waals surface area contributed by atoms with Crippen LogP contribution in [0.2, 0.25) is 5.02 Å². The molecule has 0 aliphatic carbocycles. The lowest BCUT2D eigenvalue weighted by Crippen LogP contribution is -2.13. The number of esters is 1. The first-order valence-electron chi connectivity index (χ1n) is 8.49. The van der Waals surface area contributed by atoms with Crippen molar-refractivity contribution in [2.45, 2.75) is 11.3 Å². The second-order valence-corrected chi connectivity index (χ2v) is 8.95. The number of nitrogens with zero attached hydrogens (tertiary/aromatic N) is 2. The van der Waals surface area contributed by atoms with Crippen LogP contribution in [0.1, 0.15) is 27.6 Å². The van der Waals surface area contributed by atoms with Gasteiger partial charge in [-0.15, -0.1) is 10.2 Å². The summed E-state index contributed by atoms with van der Waals surface area (Å²) < 4.78 is 31.9. The Morgan fingerprint density at radius 2 is 1.80 bits per heavy atom. The van der Waals surface area contributed by atoms with Gasteiger partial charge in [-0.1, -0.05) is 35.1 Å². The minimum absolute atomic E-state index is 0.00189. The number of benzene rings is 2. The number of halogens is 1. The summed E-state index contributed by atoms with van der Waals surface area (Å²) in [6, 6.07) is 12.1. The predicted molar refractivity (Wildman–Crippen MR) is 113 cm³/mol. The summed E-state index contributed by atoms with van der Waals surface area (Å²) in [5.41, 5.74) is 0.735. The molecule has 2 N–H and O–H groups in total. The first-order chi connectivity index (χ1) is 14.3. The molecule has 0 aliphatic rings. The van der Waals surface area contributed by atoms with Crippen molar-refractivity contribution in [3.05, 3.63) is 64.7 Å². The van der Waals surface area contributed by atoms with Gasteiger partial charge in [0, 0.05) is 5.69 Å². The van der Waals surface area contributed by atoms with Crippen molar-refractivity contribution in [2.75, 3.05) is 16.6 Å². The number of anilines is 2. The molecular weight excluding hydrogens is 452 g/mol. The van der Waals surface area contributed by atoms with Gasteiger partial charge in [-0.05, 0) is 43.3 Å². The van der Waals surface area contributed by atoms with E-state index in [0.29, 0.717) is 16.9 Å². The highest BCUT2D eigenvalue weighted by Gasteiger charge is 2.22. The summed E-state index contributed by atoms with van der Waals surface area (Å²) in [5.74, 6) is -1.04. The molecule has 1 amide bonds. The fourth-order valence-electron chi connectivity index (χ4n) is 2.27. The van der Waals surface area contributed by atoms with Crippen LogP contribution in [0.25, 0.3) is 0 Å². The van der Waals surface area contributed by atoms with E-state index in [1.165, 1.54) is 30.3 Å². The van der Waals surface area contributed by atoms with E-state index >= 15 is 0 Å². The van der Waals surface area contributed by atoms with Crippen molar-refractivity contribution in [3.63, 3.8) is 0 Å². The van der Waals surface area contributed by atoms with Crippen molar-refractivity contribution in [3.8, 4) is 0 Å². The van der Waals surface area contributed by atoms with Gasteiger partial charge in [0.25, 0.3) is 20.3 Å². The molecule has 9 nitrogen and oxygen atoms in total. The monoisotopic (exact) mass is 466 g/mol. The van der Waals surface area contributed by atoms with Gasteiger partial charge in [0.1, 0.15) is 0 Å². The lowest BCUT2D eigenvalue weighted by atomic mass is 10.2. The van der Waals surface area contributed by atoms with E-state index < -0.39 is 21.9 Å². The van der Waals surface area contributed by atoms with Crippen LogP contribution in [0.3, 0.4) is 0 Å². The van der Waals surface area contributed by atoms with Crippen LogP contribution in [-0.2, 0) is 14.8 Å². The van der Waals surface area contributed by atoms with Gasteiger partial charge in [0.2, 0.25) is 5.13 Å². The van der Waals surface area contributed by atoms with Crippen molar-refractivity contribution in [1.29, 1.82) is 0 Å². The Morgan fingerprint density at radius 3 is 2.47 bits per heavy atom. The lowest BCUT2D eigenvalue weighted by Gasteiger charge is -2.06. The average molecular weight is 467 g/mol. The van der Waals surface area contributed by atoms with Crippen LogP contribution in [0.5, 0.6) is 0 Å². The summed E-state index contributed by atoms with van der Waals surface area (Å²) in [5, 5.41) is 10.0. The third-order valence-corrected chi connectivity index (χ3v) is 6.54. The van der Waals surface area contributed by atoms with Crippen LogP contribution in [0.15, 0.2) is 52.9 Å². The minimum atomic E-state index is -4.04. The molecule has 12 heteroatoms. The van der Waals surface area contributed by atoms with E-state index in [-0.39, 0.29) is 32.4 Å². The first kappa shape index (κ1) is 21.7. The highest BCUT2D eigenvalue weighted by atomic mass is 35.5. The van der Waals surface area contributed by atoms with Crippen LogP contribution in [0.4, 0.5) is 10.8 Å². The number of rotatable bonds is 7. The molecule has 1 aromatic heterocycles. The van der Waals surface area contributed by atoms with Crippen molar-refractivity contribution < 1.29 is 22.7 Å². The van der Waals surface area contributed by atoms with E-state index in [1.807, 2.05) is 0 Å². The van der Waals surface area contributed by atoms with Gasteiger partial charge in [0.15, 0.2) is 0 Å². The number of amides is 1. The molecule has 0 saturated carbocycles. The molecule has 0 aliphatic heterocycles. The maximum absolute atomic E-state index is 12.5. The van der Waals surface area contributed by atoms with E-state index in [1.54, 1.807) is 25.1 Å². The van der Waals surface area contributed by atoms with Crippen LogP contribution >= 0.6 is 22.9 Å². The van der Waals surface area contributed by atoms with Gasteiger partial charge >= 0.3 is 5.97 Å². The highest BCUT2D eigenvalue weighted by Crippen LogP contribution is 2.24. The second-order valence-electron chi connectivity index (χ2n) is 5.71. The summed E-state index contributed by atoms with van der Waals surface area (Å²) in [4.78, 5) is 23.9. The molecule has 0 radical (unpaired) electrons. The third-order valence-electron chi connectivity index (χ3n) is 3.62. The number of hydrogen-bond donors (Lipinski definition) is 2. The zero-order chi connectivity index (χ0) is 21.7. The van der Waals surface area contributed by atoms with Gasteiger partial charge in [-0.25, -0.2) is 4.79 Å². The smallest absolute Gasteiger partial charge is 0.338 e. The molecular formula is C18H15ClN4O5S2. The molecule has 30 heavy (non-hydrogen) atoms. The summed E-state index contributed by atoms with van der Waals surface area (Å²) in [6.07, 6.45) is 0. The predicted octanol–water partition coefficient (Wildman–Crippen LogP) is 3.42. The molecule has 0 atom stereocenters. The fourth-order valence-corrected chi connectivity index (χ4v) is 4.44. The third kappa shape index (κ3) is 5.12. The van der Waals surface area contributed by atoms with Crippen LogP contribution in [-0.4, -0.2) is 37.1 Å². The summed E-state index contributed by atoms with van der Waals surface area (Å²) in [6.45, 7) is 1.92. The zero-order valence-electron chi connectivity index (χ0n) is 15.5. The van der Waals surface area contributed by atoms with E-state index in [9.17, 15) is 18.0 Å². The molecule has 1 heterocycles. The van der Waals surface area contributed by atoms with Crippen LogP contribution in [0, 0.1) is 0 Å². The molecule has 3 rings (SSSR count). The average Bonchev–Trinajstić information content (AvgIpc) is 3.18. The van der Waals surface area contributed by atoms with Gasteiger partial charge in [-0.3, -0.25) is 14.8 Å². The van der Waals surface area contributed by atoms with Crippen molar-refractivity contribution in [2.24, 2.45) is 0 Å². The number of ether oxygens (including phenoxy) is 1. The number of carbonyl (C=O) groups excluding carboxylic acids is 2. The molecule has 0 spiro atoms. The zero-order valence-corrected chi connectivity index (χ0v) is 17.8. The number of carbonyl (C=O) groups is 2. The molecule has 2 aromatic carbocycles. The second kappa shape index (κ2) is 9.20. The number of sulfonamides is 1. The van der Waals surface area contributed by atoms with Gasteiger partial charge < -0.3 is 4.74 Å². The number of hydrogen-bond acceptors (Lipinski definition) is 8. The summed E-state index contributed by atoms with van der Waals surface area (Å²) >= 11 is 6.65. The maximum atomic E-state index is 12.5. The van der Waals surface area contributed by atoms with E-state index in [2.05, 4.69) is 20.2 Å². The molecule has 0 unspecified atom stereocenters. The first-order valence-corrected chi connectivity index (χ1v) is 11.2. The highest BCUT2D eigenvalue weighted by molar-refractivity contribution is 7.94. The SMILES string of the molecule is CCOC(=O)c1ccc(NS(=O)(=O)c2nnc(NC(=O)c3ccccc3Cl)s2)cc1. The van der Waals surface area contributed by atoms with Crippen molar-refractivity contribution in [1.82, 2.24) is 10.2 Å². The molecule has 0 bridgehead atoms. The largest absolute Gasteiger partial charge is 0.462 e. The summed E-state index contributed by atoms with van der Waals surface area (Å²) in [7, 11) is -4.04. The quantitative estimate of drug-likeness (QED) is 0.403. The molecule has 3 aromatic rings. The van der Waals surface area contributed by atoms with Gasteiger partial charge in [-0.2, -0.15) is 8.42 Å². The Morgan fingerprint density at radius 1 is 1.10 bits per heavy atom. The topological polar surface area (TPSA) is 127 Å². The van der Waals surface area contributed by atoms with Gasteiger partial charge in [0.05, 0.1) is 22.8 Å². The Labute approximate surface area is 181 Å². The Hall–Kier alpha value is -3.02. The van der Waals surface area contributed by atoms with Crippen molar-refractivity contribution >= 4 is 55.7 Å². The molecule has 156 valence electrons. The minimum Gasteiger partial charge on any atom is -0.462 e.